The van der Waals surface area contributed by atoms with Crippen LogP contribution in [0.4, 0.5) is 8.78 Å². The van der Waals surface area contributed by atoms with E-state index in [4.69, 9.17) is 4.74 Å². The highest BCUT2D eigenvalue weighted by atomic mass is 19.1. The van der Waals surface area contributed by atoms with Crippen molar-refractivity contribution in [2.45, 2.75) is 32.8 Å². The van der Waals surface area contributed by atoms with E-state index in [0.717, 1.165) is 25.5 Å². The van der Waals surface area contributed by atoms with Gasteiger partial charge in [-0.25, -0.2) is 8.78 Å². The van der Waals surface area contributed by atoms with Gasteiger partial charge in [-0.3, -0.25) is 0 Å². The van der Waals surface area contributed by atoms with Crippen LogP contribution in [0, 0.1) is 11.6 Å². The Morgan fingerprint density at radius 1 is 1.24 bits per heavy atom. The van der Waals surface area contributed by atoms with Crippen LogP contribution in [0.15, 0.2) is 18.2 Å². The lowest BCUT2D eigenvalue weighted by Crippen LogP contribution is -2.29. The molecule has 0 saturated carbocycles. The third-order valence-electron chi connectivity index (χ3n) is 2.31. The maximum Gasteiger partial charge on any atom is 0.129 e. The summed E-state index contributed by atoms with van der Waals surface area (Å²) in [4.78, 5) is 0. The van der Waals surface area contributed by atoms with E-state index in [1.165, 1.54) is 12.1 Å². The highest BCUT2D eigenvalue weighted by Crippen LogP contribution is 2.16. The molecule has 1 N–H and O–H groups in total. The molecule has 4 heteroatoms. The molecule has 1 aromatic rings. The van der Waals surface area contributed by atoms with Crippen LogP contribution in [0.25, 0.3) is 0 Å². The summed E-state index contributed by atoms with van der Waals surface area (Å²) in [6.07, 6.45) is 2.13. The Labute approximate surface area is 101 Å². The van der Waals surface area contributed by atoms with E-state index in [1.54, 1.807) is 0 Å². The number of rotatable bonds is 7. The molecule has 0 saturated heterocycles. The van der Waals surface area contributed by atoms with Crippen molar-refractivity contribution < 1.29 is 13.5 Å². The van der Waals surface area contributed by atoms with Gasteiger partial charge in [-0.15, -0.1) is 0 Å². The maximum atomic E-state index is 12.9. The van der Waals surface area contributed by atoms with E-state index in [1.807, 2.05) is 6.92 Å². The Balaban J connectivity index is 2.36. The first-order valence-corrected chi connectivity index (χ1v) is 5.95. The van der Waals surface area contributed by atoms with E-state index < -0.39 is 11.6 Å². The molecule has 0 aliphatic carbocycles. The molecule has 1 rings (SSSR count). The standard InChI is InChI=1S/C13H19F2NO/c1-3-4-5-16-9-10(2)17-13-7-11(14)6-12(15)8-13/h6-8,10,16H,3-5,9H2,1-2H3. The number of hydrogen-bond acceptors (Lipinski definition) is 2. The fraction of sp³-hybridized carbons (Fsp3) is 0.538. The van der Waals surface area contributed by atoms with Crippen molar-refractivity contribution in [3.8, 4) is 5.75 Å². The van der Waals surface area contributed by atoms with Gasteiger partial charge in [-0.1, -0.05) is 13.3 Å². The van der Waals surface area contributed by atoms with Crippen LogP contribution in [0.5, 0.6) is 5.75 Å². The van der Waals surface area contributed by atoms with Crippen molar-refractivity contribution in [3.63, 3.8) is 0 Å². The van der Waals surface area contributed by atoms with Crippen molar-refractivity contribution in [2.24, 2.45) is 0 Å². The van der Waals surface area contributed by atoms with E-state index >= 15 is 0 Å². The fourth-order valence-electron chi connectivity index (χ4n) is 1.48. The fourth-order valence-corrected chi connectivity index (χ4v) is 1.48. The predicted molar refractivity (Wildman–Crippen MR) is 64.2 cm³/mol. The number of hydrogen-bond donors (Lipinski definition) is 1. The molecule has 1 unspecified atom stereocenters. The summed E-state index contributed by atoms with van der Waals surface area (Å²) in [6.45, 7) is 5.58. The number of halogens is 2. The normalized spacial score (nSPS) is 12.5. The molecular formula is C13H19F2NO. The Bertz CT molecular complexity index is 324. The number of benzene rings is 1. The number of unbranched alkanes of at least 4 members (excludes halogenated alkanes) is 1. The van der Waals surface area contributed by atoms with Gasteiger partial charge >= 0.3 is 0 Å². The highest BCUT2D eigenvalue weighted by Gasteiger charge is 2.06. The molecule has 0 spiro atoms. The zero-order valence-corrected chi connectivity index (χ0v) is 10.3. The van der Waals surface area contributed by atoms with E-state index in [-0.39, 0.29) is 11.9 Å². The van der Waals surface area contributed by atoms with Crippen LogP contribution in [0.3, 0.4) is 0 Å². The van der Waals surface area contributed by atoms with Crippen molar-refractivity contribution >= 4 is 0 Å². The smallest absolute Gasteiger partial charge is 0.129 e. The van der Waals surface area contributed by atoms with E-state index in [0.29, 0.717) is 6.54 Å². The van der Waals surface area contributed by atoms with Gasteiger partial charge < -0.3 is 10.1 Å². The van der Waals surface area contributed by atoms with Gasteiger partial charge in [0.25, 0.3) is 0 Å². The van der Waals surface area contributed by atoms with Gasteiger partial charge in [-0.2, -0.15) is 0 Å². The predicted octanol–water partition coefficient (Wildman–Crippen LogP) is 3.12. The lowest BCUT2D eigenvalue weighted by Gasteiger charge is -2.15. The van der Waals surface area contributed by atoms with Crippen LogP contribution in [0.2, 0.25) is 0 Å². The van der Waals surface area contributed by atoms with Crippen LogP contribution in [-0.4, -0.2) is 19.2 Å². The molecule has 0 heterocycles. The van der Waals surface area contributed by atoms with Crippen molar-refractivity contribution in [3.05, 3.63) is 29.8 Å². The average molecular weight is 243 g/mol. The Hall–Kier alpha value is -1.16. The zero-order chi connectivity index (χ0) is 12.7. The topological polar surface area (TPSA) is 21.3 Å². The summed E-state index contributed by atoms with van der Waals surface area (Å²) in [5, 5.41) is 3.22. The highest BCUT2D eigenvalue weighted by molar-refractivity contribution is 5.24. The first-order chi connectivity index (χ1) is 8.11. The zero-order valence-electron chi connectivity index (χ0n) is 10.3. The molecule has 1 aromatic carbocycles. The molecule has 0 aromatic heterocycles. The second kappa shape index (κ2) is 7.22. The third-order valence-corrected chi connectivity index (χ3v) is 2.31. The van der Waals surface area contributed by atoms with Gasteiger partial charge in [0.1, 0.15) is 23.5 Å². The van der Waals surface area contributed by atoms with Crippen LogP contribution < -0.4 is 10.1 Å². The summed E-state index contributed by atoms with van der Waals surface area (Å²) in [5.74, 6) is -1.01. The summed E-state index contributed by atoms with van der Waals surface area (Å²) in [6, 6.07) is 3.20. The summed E-state index contributed by atoms with van der Waals surface area (Å²) in [5.41, 5.74) is 0. The van der Waals surface area contributed by atoms with Gasteiger partial charge in [0.2, 0.25) is 0 Å². The molecule has 0 bridgehead atoms. The monoisotopic (exact) mass is 243 g/mol. The Morgan fingerprint density at radius 3 is 2.47 bits per heavy atom. The summed E-state index contributed by atoms with van der Waals surface area (Å²) >= 11 is 0. The minimum Gasteiger partial charge on any atom is -0.489 e. The Morgan fingerprint density at radius 2 is 1.88 bits per heavy atom. The molecule has 1 atom stereocenters. The molecule has 96 valence electrons. The molecule has 0 fully saturated rings. The van der Waals surface area contributed by atoms with Crippen molar-refractivity contribution in [1.29, 1.82) is 0 Å². The quantitative estimate of drug-likeness (QED) is 0.743. The maximum absolute atomic E-state index is 12.9. The second-order valence-electron chi connectivity index (χ2n) is 4.09. The molecular weight excluding hydrogens is 224 g/mol. The lowest BCUT2D eigenvalue weighted by atomic mass is 10.3. The molecule has 0 aliphatic heterocycles. The van der Waals surface area contributed by atoms with Crippen LogP contribution in [-0.2, 0) is 0 Å². The summed E-state index contributed by atoms with van der Waals surface area (Å²) in [7, 11) is 0. The summed E-state index contributed by atoms with van der Waals surface area (Å²) < 4.78 is 31.2. The minimum atomic E-state index is -0.619. The lowest BCUT2D eigenvalue weighted by molar-refractivity contribution is 0.215. The van der Waals surface area contributed by atoms with Crippen LogP contribution >= 0.6 is 0 Å². The van der Waals surface area contributed by atoms with Gasteiger partial charge in [-0.05, 0) is 19.9 Å². The average Bonchev–Trinajstić information content (AvgIpc) is 2.23. The molecule has 17 heavy (non-hydrogen) atoms. The number of ether oxygens (including phenoxy) is 1. The minimum absolute atomic E-state index is 0.118. The van der Waals surface area contributed by atoms with Crippen molar-refractivity contribution in [1.82, 2.24) is 5.32 Å². The largest absolute Gasteiger partial charge is 0.489 e. The van der Waals surface area contributed by atoms with Gasteiger partial charge in [0, 0.05) is 24.7 Å². The first-order valence-electron chi connectivity index (χ1n) is 5.95. The molecule has 0 amide bonds. The molecule has 0 aliphatic rings. The van der Waals surface area contributed by atoms with Crippen molar-refractivity contribution in [2.75, 3.05) is 13.1 Å². The van der Waals surface area contributed by atoms with Gasteiger partial charge in [0.05, 0.1) is 0 Å². The SMILES string of the molecule is CCCCNCC(C)Oc1cc(F)cc(F)c1. The third kappa shape index (κ3) is 5.63. The molecule has 0 radical (unpaired) electrons. The van der Waals surface area contributed by atoms with E-state index in [2.05, 4.69) is 12.2 Å². The molecule has 2 nitrogen and oxygen atoms in total. The Kier molecular flexibility index (Phi) is 5.91. The second-order valence-corrected chi connectivity index (χ2v) is 4.09. The van der Waals surface area contributed by atoms with Crippen LogP contribution in [0.1, 0.15) is 26.7 Å². The van der Waals surface area contributed by atoms with Gasteiger partial charge in [0.15, 0.2) is 0 Å². The number of nitrogens with one attached hydrogen (secondary N) is 1. The first kappa shape index (κ1) is 13.9. The van der Waals surface area contributed by atoms with E-state index in [9.17, 15) is 8.78 Å².